The number of hydrogen-bond donors (Lipinski definition) is 1. The second-order valence-electron chi connectivity index (χ2n) is 7.00. The Labute approximate surface area is 153 Å². The minimum atomic E-state index is -0.216. The molecule has 0 saturated heterocycles. The average Bonchev–Trinajstić information content (AvgIpc) is 3.06. The highest BCUT2D eigenvalue weighted by Gasteiger charge is 2.21. The normalized spacial score (nSPS) is 11.7. The third-order valence-corrected chi connectivity index (χ3v) is 3.82. The molecule has 3 rings (SSSR count). The smallest absolute Gasteiger partial charge is 0.249 e. The van der Waals surface area contributed by atoms with Crippen molar-refractivity contribution in [2.24, 2.45) is 0 Å². The van der Waals surface area contributed by atoms with Crippen molar-refractivity contribution in [3.63, 3.8) is 0 Å². The Morgan fingerprint density at radius 1 is 1.08 bits per heavy atom. The lowest BCUT2D eigenvalue weighted by Gasteiger charge is -2.13. The number of benzene rings is 1. The summed E-state index contributed by atoms with van der Waals surface area (Å²) in [5.74, 6) is 1.04. The molecule has 1 aromatic carbocycles. The largest absolute Gasteiger partial charge is 0.307 e. The van der Waals surface area contributed by atoms with Gasteiger partial charge >= 0.3 is 0 Å². The summed E-state index contributed by atoms with van der Waals surface area (Å²) in [6, 6.07) is 17.2. The fourth-order valence-electron chi connectivity index (χ4n) is 2.39. The molecular weight excluding hydrogens is 324 g/mol. The number of nitrogens with one attached hydrogen (secondary N) is 1. The van der Waals surface area contributed by atoms with E-state index in [1.54, 1.807) is 17.0 Å². The van der Waals surface area contributed by atoms with Gasteiger partial charge in [0.05, 0.1) is 5.69 Å². The summed E-state index contributed by atoms with van der Waals surface area (Å²) in [4.78, 5) is 16.7. The van der Waals surface area contributed by atoms with Crippen LogP contribution in [0.15, 0.2) is 66.9 Å². The second-order valence-corrected chi connectivity index (χ2v) is 7.00. The molecule has 0 bridgehead atoms. The Morgan fingerprint density at radius 2 is 1.81 bits per heavy atom. The van der Waals surface area contributed by atoms with Gasteiger partial charge in [0.25, 0.3) is 0 Å². The number of carbonyl (C=O) groups is 1. The molecule has 132 valence electrons. The van der Waals surface area contributed by atoms with Crippen LogP contribution in [-0.2, 0) is 10.2 Å². The molecule has 0 radical (unpaired) electrons. The van der Waals surface area contributed by atoms with Crippen LogP contribution in [0.4, 0.5) is 5.82 Å². The van der Waals surface area contributed by atoms with Gasteiger partial charge in [0.15, 0.2) is 5.82 Å². The van der Waals surface area contributed by atoms with Gasteiger partial charge in [-0.15, -0.1) is 0 Å². The van der Waals surface area contributed by atoms with Crippen LogP contribution in [-0.4, -0.2) is 20.7 Å². The summed E-state index contributed by atoms with van der Waals surface area (Å²) < 4.78 is 1.66. The van der Waals surface area contributed by atoms with Crippen LogP contribution in [0, 0.1) is 0 Å². The quantitative estimate of drug-likeness (QED) is 0.720. The molecule has 0 aliphatic heterocycles. The molecule has 0 spiro atoms. The van der Waals surface area contributed by atoms with Crippen molar-refractivity contribution in [3.8, 4) is 5.82 Å². The van der Waals surface area contributed by atoms with Gasteiger partial charge in [0.2, 0.25) is 5.91 Å². The molecule has 5 heteroatoms. The van der Waals surface area contributed by atoms with Crippen molar-refractivity contribution in [2.45, 2.75) is 26.2 Å². The molecule has 0 aliphatic carbocycles. The van der Waals surface area contributed by atoms with E-state index in [4.69, 9.17) is 0 Å². The van der Waals surface area contributed by atoms with Crippen molar-refractivity contribution >= 4 is 17.8 Å². The number of hydrogen-bond acceptors (Lipinski definition) is 3. The predicted molar refractivity (Wildman–Crippen MR) is 104 cm³/mol. The van der Waals surface area contributed by atoms with Gasteiger partial charge in [0, 0.05) is 23.8 Å². The standard InChI is InChI=1S/C21H22N4O/c1-21(2,3)17-15-19(25(24-17)18-11-7-8-14-22-18)23-20(26)13-12-16-9-5-4-6-10-16/h4-15H,1-3H3,(H,23,26)/b13-12+. The van der Waals surface area contributed by atoms with Crippen molar-refractivity contribution in [2.75, 3.05) is 5.32 Å². The van der Waals surface area contributed by atoms with E-state index < -0.39 is 0 Å². The molecule has 2 heterocycles. The number of anilines is 1. The molecule has 3 aromatic rings. The average molecular weight is 346 g/mol. The van der Waals surface area contributed by atoms with E-state index in [1.807, 2.05) is 54.6 Å². The first-order valence-corrected chi connectivity index (χ1v) is 8.49. The minimum absolute atomic E-state index is 0.139. The van der Waals surface area contributed by atoms with Gasteiger partial charge in [-0.05, 0) is 23.8 Å². The van der Waals surface area contributed by atoms with E-state index in [0.717, 1.165) is 11.3 Å². The van der Waals surface area contributed by atoms with Gasteiger partial charge in [-0.2, -0.15) is 9.78 Å². The maximum atomic E-state index is 12.4. The van der Waals surface area contributed by atoms with Crippen molar-refractivity contribution < 1.29 is 4.79 Å². The molecule has 2 aromatic heterocycles. The van der Waals surface area contributed by atoms with E-state index in [0.29, 0.717) is 11.6 Å². The van der Waals surface area contributed by atoms with Crippen LogP contribution < -0.4 is 5.32 Å². The Bertz CT molecular complexity index is 906. The Morgan fingerprint density at radius 3 is 2.46 bits per heavy atom. The molecule has 0 saturated carbocycles. The van der Waals surface area contributed by atoms with Crippen LogP contribution in [0.2, 0.25) is 0 Å². The lowest BCUT2D eigenvalue weighted by molar-refractivity contribution is -0.111. The SMILES string of the molecule is CC(C)(C)c1cc(NC(=O)/C=C/c2ccccc2)n(-c2ccccn2)n1. The van der Waals surface area contributed by atoms with Gasteiger partial charge in [0.1, 0.15) is 5.82 Å². The molecule has 5 nitrogen and oxygen atoms in total. The fraction of sp³-hybridized carbons (Fsp3) is 0.190. The monoisotopic (exact) mass is 346 g/mol. The molecule has 0 fully saturated rings. The zero-order valence-electron chi connectivity index (χ0n) is 15.2. The highest BCUT2D eigenvalue weighted by molar-refractivity contribution is 6.01. The summed E-state index contributed by atoms with van der Waals surface area (Å²) in [5.41, 5.74) is 1.71. The predicted octanol–water partition coefficient (Wildman–Crippen LogP) is 4.22. The van der Waals surface area contributed by atoms with Crippen LogP contribution >= 0.6 is 0 Å². The number of aromatic nitrogens is 3. The summed E-state index contributed by atoms with van der Waals surface area (Å²) in [6.07, 6.45) is 5.00. The topological polar surface area (TPSA) is 59.8 Å². The van der Waals surface area contributed by atoms with E-state index in [2.05, 4.69) is 36.2 Å². The molecule has 26 heavy (non-hydrogen) atoms. The van der Waals surface area contributed by atoms with Crippen molar-refractivity contribution in [3.05, 3.63) is 78.1 Å². The number of carbonyl (C=O) groups excluding carboxylic acids is 1. The summed E-state index contributed by atoms with van der Waals surface area (Å²) in [7, 11) is 0. The number of nitrogens with zero attached hydrogens (tertiary/aromatic N) is 3. The Balaban J connectivity index is 1.87. The van der Waals surface area contributed by atoms with Crippen molar-refractivity contribution in [1.29, 1.82) is 0 Å². The summed E-state index contributed by atoms with van der Waals surface area (Å²) in [5, 5.41) is 7.54. The molecule has 0 aliphatic rings. The van der Waals surface area contributed by atoms with Gasteiger partial charge in [-0.25, -0.2) is 4.98 Å². The molecule has 0 atom stereocenters. The maximum absolute atomic E-state index is 12.4. The van der Waals surface area contributed by atoms with E-state index in [9.17, 15) is 4.79 Å². The first-order chi connectivity index (χ1) is 12.4. The fourth-order valence-corrected chi connectivity index (χ4v) is 2.39. The zero-order chi connectivity index (χ0) is 18.6. The van der Waals surface area contributed by atoms with Crippen LogP contribution in [0.5, 0.6) is 0 Å². The second kappa shape index (κ2) is 7.35. The van der Waals surface area contributed by atoms with Crippen LogP contribution in [0.1, 0.15) is 32.0 Å². The number of amides is 1. The lowest BCUT2D eigenvalue weighted by Crippen LogP contribution is -2.13. The third kappa shape index (κ3) is 4.25. The minimum Gasteiger partial charge on any atom is -0.307 e. The molecular formula is C21H22N4O. The van der Waals surface area contributed by atoms with E-state index in [-0.39, 0.29) is 11.3 Å². The van der Waals surface area contributed by atoms with Gasteiger partial charge in [-0.1, -0.05) is 57.2 Å². The first kappa shape index (κ1) is 17.6. The third-order valence-electron chi connectivity index (χ3n) is 3.82. The lowest BCUT2D eigenvalue weighted by atomic mass is 9.92. The maximum Gasteiger partial charge on any atom is 0.249 e. The number of pyridine rings is 1. The number of rotatable bonds is 4. The Kier molecular flexibility index (Phi) is 4.98. The summed E-state index contributed by atoms with van der Waals surface area (Å²) in [6.45, 7) is 6.25. The van der Waals surface area contributed by atoms with E-state index in [1.165, 1.54) is 6.08 Å². The Hall–Kier alpha value is -3.21. The molecule has 1 amide bonds. The molecule has 0 unspecified atom stereocenters. The zero-order valence-corrected chi connectivity index (χ0v) is 15.2. The van der Waals surface area contributed by atoms with Gasteiger partial charge < -0.3 is 5.32 Å². The highest BCUT2D eigenvalue weighted by Crippen LogP contribution is 2.25. The van der Waals surface area contributed by atoms with Gasteiger partial charge in [-0.3, -0.25) is 4.79 Å². The first-order valence-electron chi connectivity index (χ1n) is 8.49. The van der Waals surface area contributed by atoms with Crippen molar-refractivity contribution in [1.82, 2.24) is 14.8 Å². The highest BCUT2D eigenvalue weighted by atomic mass is 16.1. The van der Waals surface area contributed by atoms with Crippen LogP contribution in [0.3, 0.4) is 0 Å². The van der Waals surface area contributed by atoms with E-state index >= 15 is 0 Å². The summed E-state index contributed by atoms with van der Waals surface area (Å²) >= 11 is 0. The molecule has 1 N–H and O–H groups in total. The van der Waals surface area contributed by atoms with Crippen LogP contribution in [0.25, 0.3) is 11.9 Å².